The van der Waals surface area contributed by atoms with Gasteiger partial charge in [-0.2, -0.15) is 5.10 Å². The molecule has 0 bridgehead atoms. The number of nitrogens with two attached hydrogens (primary N) is 1. The van der Waals surface area contributed by atoms with Gasteiger partial charge in [-0.15, -0.1) is 12.4 Å². The Hall–Kier alpha value is -0.910. The fourth-order valence-corrected chi connectivity index (χ4v) is 2.09. The third-order valence-corrected chi connectivity index (χ3v) is 3.42. The van der Waals surface area contributed by atoms with Gasteiger partial charge in [0.05, 0.1) is 19.3 Å². The molecule has 0 spiro atoms. The van der Waals surface area contributed by atoms with Crippen molar-refractivity contribution in [2.45, 2.75) is 23.8 Å². The highest BCUT2D eigenvalue weighted by Crippen LogP contribution is 2.13. The van der Waals surface area contributed by atoms with Crippen molar-refractivity contribution in [3.05, 3.63) is 12.4 Å². The van der Waals surface area contributed by atoms with E-state index in [0.717, 1.165) is 12.4 Å². The Morgan fingerprint density at radius 2 is 2.05 bits per heavy atom. The molecule has 0 aliphatic carbocycles. The lowest BCUT2D eigenvalue weighted by atomic mass is 10.3. The number of sulfonamides is 1. The molecule has 1 aromatic rings. The molecule has 1 aromatic heterocycles. The maximum Gasteiger partial charge on any atom is 0.273 e. The molecular formula is C8H13ClF4N4O2S. The molecule has 0 aromatic carbocycles. The van der Waals surface area contributed by atoms with E-state index in [9.17, 15) is 26.0 Å². The van der Waals surface area contributed by atoms with E-state index in [-0.39, 0.29) is 12.4 Å². The van der Waals surface area contributed by atoms with Gasteiger partial charge in [0.1, 0.15) is 11.4 Å². The van der Waals surface area contributed by atoms with Crippen LogP contribution in [0, 0.1) is 0 Å². The first-order valence-electron chi connectivity index (χ1n) is 5.04. The van der Waals surface area contributed by atoms with Crippen LogP contribution in [0.15, 0.2) is 17.3 Å². The Labute approximate surface area is 118 Å². The van der Waals surface area contributed by atoms with Gasteiger partial charge in [-0.3, -0.25) is 4.68 Å². The highest BCUT2D eigenvalue weighted by molar-refractivity contribution is 7.89. The van der Waals surface area contributed by atoms with E-state index in [1.807, 2.05) is 0 Å². The number of nitrogens with one attached hydrogen (secondary N) is 1. The minimum atomic E-state index is -4.23. The summed E-state index contributed by atoms with van der Waals surface area (Å²) >= 11 is 0. The summed E-state index contributed by atoms with van der Waals surface area (Å²) in [4.78, 5) is -0.471. The second-order valence-corrected chi connectivity index (χ2v) is 5.44. The maximum atomic E-state index is 12.8. The van der Waals surface area contributed by atoms with Gasteiger partial charge in [0, 0.05) is 6.20 Å². The second kappa shape index (κ2) is 7.20. The van der Waals surface area contributed by atoms with Crippen molar-refractivity contribution in [3.63, 3.8) is 0 Å². The summed E-state index contributed by atoms with van der Waals surface area (Å²) in [5, 5.41) is 3.39. The number of halogens is 5. The van der Waals surface area contributed by atoms with E-state index in [4.69, 9.17) is 5.73 Å². The van der Waals surface area contributed by atoms with Crippen molar-refractivity contribution in [2.75, 3.05) is 13.1 Å². The van der Waals surface area contributed by atoms with Crippen LogP contribution in [0.5, 0.6) is 0 Å². The number of nitrogens with zero attached hydrogens (tertiary/aromatic N) is 2. The lowest BCUT2D eigenvalue weighted by Gasteiger charge is -2.13. The Bertz CT molecular complexity index is 522. The van der Waals surface area contributed by atoms with Gasteiger partial charge in [0.2, 0.25) is 10.0 Å². The molecule has 0 amide bonds. The second-order valence-electron chi connectivity index (χ2n) is 3.67. The maximum absolute atomic E-state index is 12.8. The molecule has 0 aliphatic rings. The van der Waals surface area contributed by atoms with Crippen LogP contribution in [0.1, 0.15) is 0 Å². The molecule has 0 aliphatic heterocycles. The van der Waals surface area contributed by atoms with Crippen LogP contribution < -0.4 is 10.5 Å². The minimum absolute atomic E-state index is 0. The lowest BCUT2D eigenvalue weighted by molar-refractivity contribution is 0.0170. The summed E-state index contributed by atoms with van der Waals surface area (Å²) in [5.74, 6) is -3.38. The molecule has 12 heteroatoms. The molecular weight excluding hydrogens is 328 g/mol. The summed E-state index contributed by atoms with van der Waals surface area (Å²) in [6.07, 6.45) is -1.08. The van der Waals surface area contributed by atoms with Crippen LogP contribution in [0.25, 0.3) is 0 Å². The zero-order chi connectivity index (χ0) is 14.7. The molecule has 1 heterocycles. The Morgan fingerprint density at radius 3 is 2.55 bits per heavy atom. The molecule has 0 saturated carbocycles. The molecule has 0 unspecified atom stereocenters. The van der Waals surface area contributed by atoms with Crippen molar-refractivity contribution in [1.29, 1.82) is 0 Å². The molecule has 6 nitrogen and oxygen atoms in total. The molecule has 0 radical (unpaired) electrons. The fraction of sp³-hybridized carbons (Fsp3) is 0.625. The van der Waals surface area contributed by atoms with Gasteiger partial charge in [-0.05, 0) is 0 Å². The first-order chi connectivity index (χ1) is 8.66. The fourth-order valence-electron chi connectivity index (χ4n) is 1.08. The number of alkyl halides is 4. The molecule has 20 heavy (non-hydrogen) atoms. The van der Waals surface area contributed by atoms with Gasteiger partial charge >= 0.3 is 0 Å². The van der Waals surface area contributed by atoms with Crippen LogP contribution in [0.2, 0.25) is 0 Å². The van der Waals surface area contributed by atoms with Crippen LogP contribution in [0.3, 0.4) is 0 Å². The van der Waals surface area contributed by atoms with E-state index in [1.165, 1.54) is 0 Å². The standard InChI is InChI=1S/C8H12F4N4O2S.ClH/c9-7(10)3-16-2-6(1-14-16)19(17,18)15-5-8(11,12)4-13;/h1-2,7,15H,3-5,13H2;1H. The van der Waals surface area contributed by atoms with E-state index >= 15 is 0 Å². The molecule has 0 fully saturated rings. The third-order valence-electron chi connectivity index (χ3n) is 2.06. The summed E-state index contributed by atoms with van der Waals surface area (Å²) < 4.78 is 75.2. The Kier molecular flexibility index (Phi) is 6.87. The number of hydrogen-bond donors (Lipinski definition) is 2. The van der Waals surface area contributed by atoms with Crippen molar-refractivity contribution in [2.24, 2.45) is 5.73 Å². The van der Waals surface area contributed by atoms with Crippen molar-refractivity contribution >= 4 is 22.4 Å². The largest absolute Gasteiger partial charge is 0.325 e. The highest BCUT2D eigenvalue weighted by atomic mass is 35.5. The van der Waals surface area contributed by atoms with Crippen LogP contribution in [0.4, 0.5) is 17.6 Å². The molecule has 1 rings (SSSR count). The normalized spacial score (nSPS) is 12.5. The summed E-state index contributed by atoms with van der Waals surface area (Å²) in [6, 6.07) is 0. The first-order valence-corrected chi connectivity index (χ1v) is 6.53. The Balaban J connectivity index is 0.00000361. The minimum Gasteiger partial charge on any atom is -0.325 e. The van der Waals surface area contributed by atoms with Gasteiger partial charge in [0.25, 0.3) is 12.3 Å². The summed E-state index contributed by atoms with van der Waals surface area (Å²) in [7, 11) is -4.23. The van der Waals surface area contributed by atoms with Crippen LogP contribution in [-0.2, 0) is 16.6 Å². The van der Waals surface area contributed by atoms with E-state index in [0.29, 0.717) is 4.68 Å². The zero-order valence-corrected chi connectivity index (χ0v) is 11.6. The zero-order valence-electron chi connectivity index (χ0n) is 9.97. The van der Waals surface area contributed by atoms with E-state index < -0.39 is 46.9 Å². The van der Waals surface area contributed by atoms with Gasteiger partial charge in [-0.1, -0.05) is 0 Å². The van der Waals surface area contributed by atoms with Crippen molar-refractivity contribution in [1.82, 2.24) is 14.5 Å². The lowest BCUT2D eigenvalue weighted by Crippen LogP contribution is -2.41. The molecule has 118 valence electrons. The summed E-state index contributed by atoms with van der Waals surface area (Å²) in [6.45, 7) is -2.97. The predicted molar refractivity (Wildman–Crippen MR) is 64.7 cm³/mol. The monoisotopic (exact) mass is 340 g/mol. The van der Waals surface area contributed by atoms with Crippen LogP contribution in [-0.4, -0.2) is 43.6 Å². The molecule has 3 N–H and O–H groups in total. The van der Waals surface area contributed by atoms with Crippen LogP contribution >= 0.6 is 12.4 Å². The van der Waals surface area contributed by atoms with Crippen molar-refractivity contribution in [3.8, 4) is 0 Å². The SMILES string of the molecule is Cl.NCC(F)(F)CNS(=O)(=O)c1cnn(CC(F)F)c1. The number of aromatic nitrogens is 2. The molecule has 0 saturated heterocycles. The number of rotatable bonds is 7. The van der Waals surface area contributed by atoms with Crippen molar-refractivity contribution < 1.29 is 26.0 Å². The smallest absolute Gasteiger partial charge is 0.273 e. The third kappa shape index (κ3) is 5.61. The number of hydrogen-bond acceptors (Lipinski definition) is 4. The summed E-state index contributed by atoms with van der Waals surface area (Å²) in [5.41, 5.74) is 4.75. The van der Waals surface area contributed by atoms with Gasteiger partial charge in [-0.25, -0.2) is 30.7 Å². The quantitative estimate of drug-likeness (QED) is 0.705. The topological polar surface area (TPSA) is 90.0 Å². The Morgan fingerprint density at radius 1 is 1.45 bits per heavy atom. The van der Waals surface area contributed by atoms with E-state index in [1.54, 1.807) is 4.72 Å². The average molecular weight is 341 g/mol. The van der Waals surface area contributed by atoms with Gasteiger partial charge < -0.3 is 5.73 Å². The first kappa shape index (κ1) is 19.1. The van der Waals surface area contributed by atoms with E-state index in [2.05, 4.69) is 5.10 Å². The average Bonchev–Trinajstić information content (AvgIpc) is 2.75. The highest BCUT2D eigenvalue weighted by Gasteiger charge is 2.29. The molecule has 0 atom stereocenters. The predicted octanol–water partition coefficient (Wildman–Crippen LogP) is 0.442. The van der Waals surface area contributed by atoms with Gasteiger partial charge in [0.15, 0.2) is 0 Å².